The quantitative estimate of drug-likeness (QED) is 0.298. The normalized spacial score (nSPS) is 11.3. The fourth-order valence-corrected chi connectivity index (χ4v) is 3.28. The Morgan fingerprint density at radius 2 is 1.80 bits per heavy atom. The molecule has 0 aliphatic rings. The van der Waals surface area contributed by atoms with E-state index < -0.39 is 0 Å². The van der Waals surface area contributed by atoms with Crippen LogP contribution in [0.3, 0.4) is 0 Å². The van der Waals surface area contributed by atoms with Crippen LogP contribution < -0.4 is 15.8 Å². The average molecular weight is 467 g/mol. The van der Waals surface area contributed by atoms with Crippen molar-refractivity contribution in [1.29, 1.82) is 0 Å². The molecule has 0 saturated heterocycles. The monoisotopic (exact) mass is 466 g/mol. The molecule has 3 N–H and O–H groups in total. The molecule has 0 aliphatic carbocycles. The molecule has 0 spiro atoms. The van der Waals surface area contributed by atoms with Gasteiger partial charge in [-0.05, 0) is 89.8 Å². The van der Waals surface area contributed by atoms with Crippen LogP contribution in [0.25, 0.3) is 10.9 Å². The van der Waals surface area contributed by atoms with Crippen molar-refractivity contribution in [3.63, 3.8) is 0 Å². The molecule has 2 heterocycles. The lowest BCUT2D eigenvalue weighted by atomic mass is 10.0. The number of aryl methyl sites for hydroxylation is 2. The third-order valence-electron chi connectivity index (χ3n) is 5.98. The van der Waals surface area contributed by atoms with Gasteiger partial charge in [0.15, 0.2) is 0 Å². The van der Waals surface area contributed by atoms with Crippen LogP contribution >= 0.6 is 0 Å². The number of fused-ring (bicyclic) bond motifs is 1. The minimum absolute atomic E-state index is 0.274. The van der Waals surface area contributed by atoms with Gasteiger partial charge in [-0.25, -0.2) is 9.97 Å². The number of ether oxygens (including phenoxy) is 1. The highest BCUT2D eigenvalue weighted by molar-refractivity contribution is 5.94. The van der Waals surface area contributed by atoms with Crippen molar-refractivity contribution in [2.75, 3.05) is 25.1 Å². The van der Waals surface area contributed by atoms with Crippen LogP contribution in [-0.2, 0) is 0 Å². The second-order valence-corrected chi connectivity index (χ2v) is 9.22. The number of nitrogens with zero attached hydrogens (tertiary/aromatic N) is 4. The molecule has 0 aliphatic heterocycles. The van der Waals surface area contributed by atoms with Gasteiger partial charge in [0.2, 0.25) is 0 Å². The third kappa shape index (κ3) is 5.51. The summed E-state index contributed by atoms with van der Waals surface area (Å²) in [6, 6.07) is 13.5. The van der Waals surface area contributed by atoms with Crippen LogP contribution in [0.2, 0.25) is 0 Å². The summed E-state index contributed by atoms with van der Waals surface area (Å²) >= 11 is 0. The number of nitrogen functional groups attached to an aromatic ring is 1. The van der Waals surface area contributed by atoms with E-state index in [1.54, 1.807) is 6.20 Å². The smallest absolute Gasteiger partial charge is 0.145 e. The first-order valence-corrected chi connectivity index (χ1v) is 11.4. The minimum Gasteiger partial charge on any atom is -0.455 e. The predicted molar refractivity (Wildman–Crippen MR) is 142 cm³/mol. The summed E-state index contributed by atoms with van der Waals surface area (Å²) < 4.78 is 5.98. The second-order valence-electron chi connectivity index (χ2n) is 9.22. The van der Waals surface area contributed by atoms with Crippen LogP contribution in [0.15, 0.2) is 55.0 Å². The molecule has 0 radical (unpaired) electrons. The van der Waals surface area contributed by atoms with Gasteiger partial charge < -0.3 is 15.8 Å². The summed E-state index contributed by atoms with van der Waals surface area (Å²) in [6.07, 6.45) is 3.26. The Labute approximate surface area is 206 Å². The fourth-order valence-electron chi connectivity index (χ4n) is 3.28. The van der Waals surface area contributed by atoms with Gasteiger partial charge >= 0.3 is 0 Å². The number of hydrogen-bond acceptors (Lipinski definition) is 7. The van der Waals surface area contributed by atoms with Gasteiger partial charge in [-0.2, -0.15) is 0 Å². The van der Waals surface area contributed by atoms with Gasteiger partial charge in [-0.3, -0.25) is 9.88 Å². The lowest BCUT2D eigenvalue weighted by Gasteiger charge is -2.26. The Kier molecular flexibility index (Phi) is 6.59. The number of pyridine rings is 1. The maximum Gasteiger partial charge on any atom is 0.145 e. The zero-order valence-corrected chi connectivity index (χ0v) is 21.0. The number of anilines is 3. The molecule has 0 bridgehead atoms. The molecule has 35 heavy (non-hydrogen) atoms. The number of nitrogens with two attached hydrogens (primary N) is 1. The van der Waals surface area contributed by atoms with Crippen molar-refractivity contribution in [3.8, 4) is 23.3 Å². The highest BCUT2D eigenvalue weighted by Gasteiger charge is 2.17. The van der Waals surface area contributed by atoms with E-state index in [1.807, 2.05) is 70.4 Å². The molecule has 178 valence electrons. The standard InChI is InChI=1S/C28H30N6O/c1-18-13-21(8-10-26(18)35-22-9-7-19(2)30-16-22)33-27-23-15-24(29)20(14-25(23)31-17-32-27)11-12-28(3,4)34(5)6/h7-10,13-17H,29H2,1-6H3,(H,31,32,33). The largest absolute Gasteiger partial charge is 0.455 e. The predicted octanol–water partition coefficient (Wildman–Crippen LogP) is 5.45. The highest BCUT2D eigenvalue weighted by Crippen LogP contribution is 2.31. The molecular weight excluding hydrogens is 436 g/mol. The van der Waals surface area contributed by atoms with E-state index in [4.69, 9.17) is 10.5 Å². The van der Waals surface area contributed by atoms with Crippen molar-refractivity contribution in [2.45, 2.75) is 33.2 Å². The Morgan fingerprint density at radius 1 is 1.00 bits per heavy atom. The number of hydrogen-bond donors (Lipinski definition) is 2. The first kappa shape index (κ1) is 24.0. The molecule has 0 unspecified atom stereocenters. The Hall–Kier alpha value is -4.15. The van der Waals surface area contributed by atoms with E-state index in [1.165, 1.54) is 6.33 Å². The molecule has 7 nitrogen and oxygen atoms in total. The maximum atomic E-state index is 6.36. The van der Waals surface area contributed by atoms with Gasteiger partial charge in [-0.1, -0.05) is 11.8 Å². The van der Waals surface area contributed by atoms with Crippen LogP contribution in [0, 0.1) is 25.7 Å². The van der Waals surface area contributed by atoms with Gasteiger partial charge in [0.25, 0.3) is 0 Å². The van der Waals surface area contributed by atoms with Gasteiger partial charge in [0.05, 0.1) is 17.3 Å². The molecule has 0 fully saturated rings. The summed E-state index contributed by atoms with van der Waals surface area (Å²) in [5.74, 6) is 8.64. The molecule has 2 aromatic heterocycles. The Balaban J connectivity index is 1.60. The van der Waals surface area contributed by atoms with Crippen molar-refractivity contribution >= 4 is 28.1 Å². The third-order valence-corrected chi connectivity index (χ3v) is 5.98. The van der Waals surface area contributed by atoms with Gasteiger partial charge in [0, 0.05) is 28.0 Å². The average Bonchev–Trinajstić information content (AvgIpc) is 2.81. The second kappa shape index (κ2) is 9.61. The number of nitrogens with one attached hydrogen (secondary N) is 1. The number of rotatable bonds is 5. The van der Waals surface area contributed by atoms with Crippen LogP contribution in [0.4, 0.5) is 17.2 Å². The Bertz CT molecular complexity index is 1430. The van der Waals surface area contributed by atoms with Crippen LogP contribution in [0.1, 0.15) is 30.7 Å². The highest BCUT2D eigenvalue weighted by atomic mass is 16.5. The summed E-state index contributed by atoms with van der Waals surface area (Å²) in [4.78, 5) is 15.2. The van der Waals surface area contributed by atoms with Crippen molar-refractivity contribution < 1.29 is 4.74 Å². The SMILES string of the molecule is Cc1ccc(Oc2ccc(Nc3ncnc4cc(C#CC(C)(C)N(C)C)c(N)cc34)cc2C)cn1. The topological polar surface area (TPSA) is 89.2 Å². The first-order valence-electron chi connectivity index (χ1n) is 11.4. The summed E-state index contributed by atoms with van der Waals surface area (Å²) in [6.45, 7) is 8.08. The Morgan fingerprint density at radius 3 is 2.49 bits per heavy atom. The number of benzene rings is 2. The van der Waals surface area contributed by atoms with E-state index in [9.17, 15) is 0 Å². The zero-order valence-electron chi connectivity index (χ0n) is 21.0. The molecule has 7 heteroatoms. The van der Waals surface area contributed by atoms with E-state index in [0.29, 0.717) is 17.3 Å². The molecule has 4 aromatic rings. The summed E-state index contributed by atoms with van der Waals surface area (Å²) in [7, 11) is 4.01. The summed E-state index contributed by atoms with van der Waals surface area (Å²) in [5.41, 5.74) is 11.0. The molecule has 0 amide bonds. The van der Waals surface area contributed by atoms with Crippen LogP contribution in [0.5, 0.6) is 11.5 Å². The van der Waals surface area contributed by atoms with Crippen LogP contribution in [-0.4, -0.2) is 39.5 Å². The number of aromatic nitrogens is 3. The van der Waals surface area contributed by atoms with Gasteiger partial charge in [-0.15, -0.1) is 0 Å². The maximum absolute atomic E-state index is 6.36. The van der Waals surface area contributed by atoms with Crippen molar-refractivity contribution in [1.82, 2.24) is 19.9 Å². The molecule has 0 saturated carbocycles. The fraction of sp³-hybridized carbons (Fsp3) is 0.250. The van der Waals surface area contributed by atoms with E-state index in [0.717, 1.165) is 39.2 Å². The molecular formula is C28H30N6O. The lowest BCUT2D eigenvalue weighted by molar-refractivity contribution is 0.263. The zero-order chi connectivity index (χ0) is 25.2. The molecule has 0 atom stereocenters. The first-order chi connectivity index (χ1) is 16.6. The lowest BCUT2D eigenvalue weighted by Crippen LogP contribution is -2.36. The molecule has 2 aromatic carbocycles. The summed E-state index contributed by atoms with van der Waals surface area (Å²) in [5, 5.41) is 4.21. The van der Waals surface area contributed by atoms with E-state index in [2.05, 4.69) is 50.9 Å². The minimum atomic E-state index is -0.274. The van der Waals surface area contributed by atoms with Crippen molar-refractivity contribution in [2.24, 2.45) is 0 Å². The van der Waals surface area contributed by atoms with Crippen molar-refractivity contribution in [3.05, 3.63) is 71.8 Å². The van der Waals surface area contributed by atoms with E-state index in [-0.39, 0.29) is 5.54 Å². The molecule has 4 rings (SSSR count). The van der Waals surface area contributed by atoms with Gasteiger partial charge in [0.1, 0.15) is 23.6 Å². The van der Waals surface area contributed by atoms with E-state index >= 15 is 0 Å².